The molecule has 0 spiro atoms. The van der Waals surface area contributed by atoms with Gasteiger partial charge in [0, 0.05) is 60.9 Å². The van der Waals surface area contributed by atoms with Gasteiger partial charge in [-0.1, -0.05) is 77.8 Å². The number of nitrogens with one attached hydrogen (secondary N) is 1. The van der Waals surface area contributed by atoms with Crippen LogP contribution in [0.2, 0.25) is 0 Å². The van der Waals surface area contributed by atoms with Gasteiger partial charge in [-0.3, -0.25) is 4.79 Å². The van der Waals surface area contributed by atoms with Crippen LogP contribution in [0.5, 0.6) is 0 Å². The number of carbonyl (C=O) groups is 1. The zero-order valence-electron chi connectivity index (χ0n) is 26.9. The van der Waals surface area contributed by atoms with Crippen LogP contribution in [0.25, 0.3) is 5.57 Å². The molecule has 0 amide bonds. The van der Waals surface area contributed by atoms with Crippen LogP contribution < -0.4 is 11.1 Å². The van der Waals surface area contributed by atoms with Gasteiger partial charge in [-0.05, 0) is 49.7 Å². The summed E-state index contributed by atoms with van der Waals surface area (Å²) in [4.78, 5) is 11.4. The van der Waals surface area contributed by atoms with Gasteiger partial charge in [0.15, 0.2) is 0 Å². The second kappa shape index (κ2) is 22.1. The Hall–Kier alpha value is -3.48. The van der Waals surface area contributed by atoms with Crippen molar-refractivity contribution in [1.82, 2.24) is 10.2 Å². The Kier molecular flexibility index (Phi) is 20.3. The fraction of sp³-hybridized carbons (Fsp3) is 0.486. The molecule has 2 atom stereocenters. The Morgan fingerprint density at radius 1 is 1.18 bits per heavy atom. The van der Waals surface area contributed by atoms with Crippen molar-refractivity contribution in [2.45, 2.75) is 71.9 Å². The minimum atomic E-state index is -4.72. The lowest BCUT2D eigenvalue weighted by molar-refractivity contribution is -0.104. The zero-order valence-corrected chi connectivity index (χ0v) is 26.9. The van der Waals surface area contributed by atoms with Crippen molar-refractivity contribution in [3.05, 3.63) is 89.4 Å². The number of halogens is 4. The summed E-state index contributed by atoms with van der Waals surface area (Å²) in [7, 11) is 1.88. The van der Waals surface area contributed by atoms with Gasteiger partial charge < -0.3 is 16.0 Å². The largest absolute Gasteiger partial charge is 0.416 e. The third-order valence-electron chi connectivity index (χ3n) is 6.99. The summed E-state index contributed by atoms with van der Waals surface area (Å²) in [5, 5.41) is 12.4. The van der Waals surface area contributed by atoms with Crippen molar-refractivity contribution >= 4 is 11.9 Å². The molecule has 1 aromatic rings. The SMILES string of the molecule is C=C1/C=C(/C#N)C(CC)CN(C)C[C@H]1c1cccc(F)c1/C(=C/NCC)C(=C)C(F)(F)F.CCCCCC.NC/C=C/C=O. The maximum atomic E-state index is 15.1. The number of unbranched alkanes of at least 4 members (excludes halogenated alkanes) is 3. The summed E-state index contributed by atoms with van der Waals surface area (Å²) >= 11 is 0. The van der Waals surface area contributed by atoms with Crippen LogP contribution in [0.15, 0.2) is 72.5 Å². The Morgan fingerprint density at radius 3 is 2.27 bits per heavy atom. The summed E-state index contributed by atoms with van der Waals surface area (Å²) in [6, 6.07) is 6.46. The number of allylic oxidation sites excluding steroid dienone is 4. The van der Waals surface area contributed by atoms with Crippen LogP contribution in [0.1, 0.15) is 76.8 Å². The lowest BCUT2D eigenvalue weighted by atomic mass is 9.81. The van der Waals surface area contributed by atoms with E-state index in [-0.39, 0.29) is 17.1 Å². The number of benzene rings is 1. The summed E-state index contributed by atoms with van der Waals surface area (Å²) in [6.45, 7) is 17.4. The van der Waals surface area contributed by atoms with Crippen LogP contribution >= 0.6 is 0 Å². The van der Waals surface area contributed by atoms with E-state index in [2.05, 4.69) is 38.4 Å². The maximum Gasteiger partial charge on any atom is 0.416 e. The lowest BCUT2D eigenvalue weighted by Crippen LogP contribution is -2.33. The van der Waals surface area contributed by atoms with E-state index in [1.807, 2.05) is 18.9 Å². The number of hydrogen-bond acceptors (Lipinski definition) is 5. The standard InChI is InChI=1S/C25H29F4N3.C6H14.C4H7NO/c1-6-18-14-32(5)15-22(16(3)11-19(18)12-30)20-9-8-10-23(26)24(20)21(13-31-7-2)17(4)25(27,28)29;1-3-5-6-4-2;5-3-1-2-4-6/h8-11,13,18,22,31H,3-4,6-7,14-15H2,1-2,5H3;3-6H2,1-2H3;1-2,4H,3,5H2/b19-11-,21-13+;;2-1+/t18?,22-;;/m1../s1. The van der Waals surface area contributed by atoms with Crippen LogP contribution in [0.3, 0.4) is 0 Å². The average molecular weight is 619 g/mol. The highest BCUT2D eigenvalue weighted by Crippen LogP contribution is 2.41. The van der Waals surface area contributed by atoms with Gasteiger partial charge in [-0.15, -0.1) is 0 Å². The first kappa shape index (κ1) is 40.5. The van der Waals surface area contributed by atoms with Gasteiger partial charge in [0.1, 0.15) is 12.1 Å². The topological polar surface area (TPSA) is 82.2 Å². The first-order chi connectivity index (χ1) is 20.9. The van der Waals surface area contributed by atoms with E-state index in [1.54, 1.807) is 25.1 Å². The fourth-order valence-corrected chi connectivity index (χ4v) is 4.58. The van der Waals surface area contributed by atoms with Gasteiger partial charge in [0.05, 0.1) is 11.6 Å². The number of hydrogen-bond donors (Lipinski definition) is 2. The molecule has 0 aliphatic carbocycles. The number of carbonyl (C=O) groups excluding carboxylic acids is 1. The summed E-state index contributed by atoms with van der Waals surface area (Å²) < 4.78 is 55.9. The predicted molar refractivity (Wildman–Crippen MR) is 174 cm³/mol. The van der Waals surface area contributed by atoms with Crippen LogP contribution in [-0.2, 0) is 4.79 Å². The molecule has 1 aromatic carbocycles. The molecule has 2 rings (SSSR count). The Balaban J connectivity index is 0.00000130. The van der Waals surface area contributed by atoms with Crippen molar-refractivity contribution < 1.29 is 22.4 Å². The zero-order chi connectivity index (χ0) is 33.7. The molecule has 244 valence electrons. The lowest BCUT2D eigenvalue weighted by Gasteiger charge is -2.32. The van der Waals surface area contributed by atoms with Crippen molar-refractivity contribution in [3.63, 3.8) is 0 Å². The minimum absolute atomic E-state index is 0.0314. The molecule has 0 bridgehead atoms. The van der Waals surface area contributed by atoms with Gasteiger partial charge in [-0.2, -0.15) is 18.4 Å². The van der Waals surface area contributed by atoms with Gasteiger partial charge in [0.2, 0.25) is 0 Å². The number of alkyl halides is 3. The molecule has 1 heterocycles. The van der Waals surface area contributed by atoms with Crippen LogP contribution in [-0.4, -0.2) is 50.6 Å². The van der Waals surface area contributed by atoms with E-state index < -0.39 is 23.5 Å². The van der Waals surface area contributed by atoms with Gasteiger partial charge >= 0.3 is 6.18 Å². The molecular formula is C35H50F4N4O. The molecule has 1 unspecified atom stereocenters. The van der Waals surface area contributed by atoms with Gasteiger partial charge in [-0.25, -0.2) is 4.39 Å². The Morgan fingerprint density at radius 2 is 1.82 bits per heavy atom. The molecule has 44 heavy (non-hydrogen) atoms. The predicted octanol–water partition coefficient (Wildman–Crippen LogP) is 8.24. The van der Waals surface area contributed by atoms with E-state index in [0.717, 1.165) is 18.7 Å². The number of aldehydes is 1. The molecule has 0 aromatic heterocycles. The molecule has 1 aliphatic rings. The van der Waals surface area contributed by atoms with Crippen molar-refractivity contribution in [2.24, 2.45) is 11.7 Å². The number of nitriles is 1. The highest BCUT2D eigenvalue weighted by atomic mass is 19.4. The molecule has 5 nitrogen and oxygen atoms in total. The highest BCUT2D eigenvalue weighted by Gasteiger charge is 2.37. The molecule has 0 saturated heterocycles. The molecule has 3 N–H and O–H groups in total. The fourth-order valence-electron chi connectivity index (χ4n) is 4.58. The molecule has 0 radical (unpaired) electrons. The molecular weight excluding hydrogens is 568 g/mol. The van der Waals surface area contributed by atoms with E-state index in [9.17, 15) is 23.2 Å². The van der Waals surface area contributed by atoms with E-state index in [1.165, 1.54) is 37.8 Å². The van der Waals surface area contributed by atoms with E-state index >= 15 is 4.39 Å². The van der Waals surface area contributed by atoms with Crippen LogP contribution in [0, 0.1) is 23.1 Å². The number of nitrogens with zero attached hydrogens (tertiary/aromatic N) is 2. The molecule has 0 saturated carbocycles. The number of rotatable bonds is 11. The van der Waals surface area contributed by atoms with Crippen LogP contribution in [0.4, 0.5) is 17.6 Å². The summed E-state index contributed by atoms with van der Waals surface area (Å²) in [5.41, 5.74) is 4.83. The van der Waals surface area contributed by atoms with Crippen molar-refractivity contribution in [3.8, 4) is 6.07 Å². The smallest absolute Gasteiger partial charge is 0.391 e. The van der Waals surface area contributed by atoms with Crippen molar-refractivity contribution in [2.75, 3.05) is 33.2 Å². The van der Waals surface area contributed by atoms with Gasteiger partial charge in [0.25, 0.3) is 0 Å². The summed E-state index contributed by atoms with van der Waals surface area (Å²) in [5.74, 6) is -1.24. The second-order valence-corrected chi connectivity index (χ2v) is 10.5. The number of likely N-dealkylation sites (N-methyl/N-ethyl adjacent to an activating group) is 1. The third-order valence-corrected chi connectivity index (χ3v) is 6.99. The molecule has 9 heteroatoms. The molecule has 1 aliphatic heterocycles. The summed E-state index contributed by atoms with van der Waals surface area (Å²) in [6.07, 6.45) is 8.11. The first-order valence-electron chi connectivity index (χ1n) is 15.2. The highest BCUT2D eigenvalue weighted by molar-refractivity contribution is 5.82. The molecule has 0 fully saturated rings. The minimum Gasteiger partial charge on any atom is -0.391 e. The van der Waals surface area contributed by atoms with E-state index in [4.69, 9.17) is 5.73 Å². The average Bonchev–Trinajstić information content (AvgIpc) is 2.99. The first-order valence-corrected chi connectivity index (χ1v) is 15.2. The quantitative estimate of drug-likeness (QED) is 0.0858. The maximum absolute atomic E-state index is 15.1. The normalized spacial score (nSPS) is 18.8. The van der Waals surface area contributed by atoms with E-state index in [0.29, 0.717) is 49.2 Å². The second-order valence-electron chi connectivity index (χ2n) is 10.5. The Bertz CT molecular complexity index is 1170. The number of nitrogens with two attached hydrogens (primary N) is 1. The Labute approximate surface area is 261 Å². The van der Waals surface area contributed by atoms with Crippen molar-refractivity contribution in [1.29, 1.82) is 5.26 Å². The monoisotopic (exact) mass is 618 g/mol. The third kappa shape index (κ3) is 13.9.